The highest BCUT2D eigenvalue weighted by molar-refractivity contribution is 6.30. The SMILES string of the molecule is C[C@@H](Nc1nnc(-c2ccc(Cl)cc2)o1)C(=O)N1C[C@@H](OC(F)(F)F)[C@@H]1C. The first kappa shape index (κ1) is 19.4. The molecule has 146 valence electrons. The zero-order chi connectivity index (χ0) is 19.8. The van der Waals surface area contributed by atoms with Crippen molar-refractivity contribution in [1.82, 2.24) is 15.1 Å². The van der Waals surface area contributed by atoms with Gasteiger partial charge in [-0.1, -0.05) is 16.7 Å². The fourth-order valence-corrected chi connectivity index (χ4v) is 2.79. The second-order valence-electron chi connectivity index (χ2n) is 6.12. The minimum Gasteiger partial charge on any atom is -0.403 e. The Morgan fingerprint density at radius 1 is 1.37 bits per heavy atom. The number of aromatic nitrogens is 2. The molecule has 2 aromatic rings. The molecule has 27 heavy (non-hydrogen) atoms. The zero-order valence-corrected chi connectivity index (χ0v) is 15.1. The molecule has 1 fully saturated rings. The predicted molar refractivity (Wildman–Crippen MR) is 89.9 cm³/mol. The summed E-state index contributed by atoms with van der Waals surface area (Å²) < 4.78 is 46.2. The van der Waals surface area contributed by atoms with Gasteiger partial charge < -0.3 is 14.6 Å². The van der Waals surface area contributed by atoms with Gasteiger partial charge in [-0.05, 0) is 38.1 Å². The zero-order valence-electron chi connectivity index (χ0n) is 14.3. The minimum absolute atomic E-state index is 0.0251. The molecule has 0 unspecified atom stereocenters. The lowest BCUT2D eigenvalue weighted by molar-refractivity contribution is -0.359. The maximum absolute atomic E-state index is 12.4. The molecule has 11 heteroatoms. The number of alkyl halides is 3. The van der Waals surface area contributed by atoms with Gasteiger partial charge in [-0.15, -0.1) is 18.3 Å². The molecule has 0 saturated carbocycles. The van der Waals surface area contributed by atoms with Gasteiger partial charge in [-0.2, -0.15) is 0 Å². The van der Waals surface area contributed by atoms with Crippen molar-refractivity contribution < 1.29 is 27.1 Å². The van der Waals surface area contributed by atoms with Crippen LogP contribution in [0.1, 0.15) is 13.8 Å². The number of carbonyl (C=O) groups excluding carboxylic acids is 1. The van der Waals surface area contributed by atoms with Crippen molar-refractivity contribution in [2.45, 2.75) is 38.4 Å². The second kappa shape index (κ2) is 7.35. The first-order valence-corrected chi connectivity index (χ1v) is 8.43. The Hall–Kier alpha value is -2.33. The number of anilines is 1. The van der Waals surface area contributed by atoms with Crippen molar-refractivity contribution in [3.8, 4) is 11.5 Å². The number of nitrogens with zero attached hydrogens (tertiary/aromatic N) is 3. The van der Waals surface area contributed by atoms with Crippen LogP contribution in [0.25, 0.3) is 11.5 Å². The summed E-state index contributed by atoms with van der Waals surface area (Å²) in [4.78, 5) is 13.7. The van der Waals surface area contributed by atoms with Crippen LogP contribution in [0.4, 0.5) is 19.2 Å². The molecule has 3 rings (SSSR count). The van der Waals surface area contributed by atoms with E-state index >= 15 is 0 Å². The van der Waals surface area contributed by atoms with E-state index in [1.165, 1.54) is 11.8 Å². The molecule has 1 saturated heterocycles. The van der Waals surface area contributed by atoms with E-state index in [0.29, 0.717) is 10.6 Å². The summed E-state index contributed by atoms with van der Waals surface area (Å²) in [5.41, 5.74) is 0.655. The van der Waals surface area contributed by atoms with E-state index in [4.69, 9.17) is 16.0 Å². The number of nitrogens with one attached hydrogen (secondary N) is 1. The number of amides is 1. The summed E-state index contributed by atoms with van der Waals surface area (Å²) in [5.74, 6) is -0.152. The van der Waals surface area contributed by atoms with Gasteiger partial charge in [0.05, 0.1) is 6.04 Å². The second-order valence-corrected chi connectivity index (χ2v) is 6.55. The summed E-state index contributed by atoms with van der Waals surface area (Å²) in [7, 11) is 0. The lowest BCUT2D eigenvalue weighted by Crippen LogP contribution is -2.64. The minimum atomic E-state index is -4.72. The van der Waals surface area contributed by atoms with E-state index in [-0.39, 0.29) is 18.5 Å². The van der Waals surface area contributed by atoms with Crippen molar-refractivity contribution in [2.75, 3.05) is 11.9 Å². The Morgan fingerprint density at radius 2 is 2.04 bits per heavy atom. The molecule has 0 radical (unpaired) electrons. The van der Waals surface area contributed by atoms with E-state index < -0.39 is 30.5 Å². The van der Waals surface area contributed by atoms with Crippen LogP contribution in [0, 0.1) is 0 Å². The van der Waals surface area contributed by atoms with Gasteiger partial charge in [0.2, 0.25) is 11.8 Å². The van der Waals surface area contributed by atoms with Gasteiger partial charge in [0.15, 0.2) is 0 Å². The lowest BCUT2D eigenvalue weighted by atomic mass is 10.00. The molecule has 7 nitrogen and oxygen atoms in total. The number of benzene rings is 1. The third kappa shape index (κ3) is 4.51. The smallest absolute Gasteiger partial charge is 0.403 e. The largest absolute Gasteiger partial charge is 0.522 e. The Balaban J connectivity index is 1.57. The Kier molecular flexibility index (Phi) is 5.29. The molecular formula is C16H16ClF3N4O3. The standard InChI is InChI=1S/C16H16ClF3N4O3/c1-8(14(25)24-7-12(9(24)2)27-16(18,19)20)21-15-23-22-13(26-15)10-3-5-11(17)6-4-10/h3-6,8-9,12H,7H2,1-2H3,(H,21,23)/t8-,9+,12-/m1/s1. The third-order valence-electron chi connectivity index (χ3n) is 4.20. The van der Waals surface area contributed by atoms with E-state index in [2.05, 4.69) is 20.3 Å². The topological polar surface area (TPSA) is 80.5 Å². The number of ether oxygens (including phenoxy) is 1. The van der Waals surface area contributed by atoms with E-state index in [1.807, 2.05) is 0 Å². The molecule has 0 aliphatic carbocycles. The molecule has 1 amide bonds. The summed E-state index contributed by atoms with van der Waals surface area (Å²) in [6.07, 6.45) is -5.79. The normalized spacial score (nSPS) is 20.9. The Labute approximate surface area is 157 Å². The number of hydrogen-bond acceptors (Lipinski definition) is 6. The average Bonchev–Trinajstić information content (AvgIpc) is 3.05. The lowest BCUT2D eigenvalue weighted by Gasteiger charge is -2.46. The maximum Gasteiger partial charge on any atom is 0.522 e. The fraction of sp³-hybridized carbons (Fsp3) is 0.438. The first-order valence-electron chi connectivity index (χ1n) is 8.05. The predicted octanol–water partition coefficient (Wildman–Crippen LogP) is 3.33. The highest BCUT2D eigenvalue weighted by Gasteiger charge is 2.46. The molecule has 1 aliphatic heterocycles. The van der Waals surface area contributed by atoms with E-state index in [1.54, 1.807) is 31.2 Å². The summed E-state index contributed by atoms with van der Waals surface area (Å²) in [6.45, 7) is 2.92. The summed E-state index contributed by atoms with van der Waals surface area (Å²) in [5, 5.41) is 11.0. The highest BCUT2D eigenvalue weighted by atomic mass is 35.5. The van der Waals surface area contributed by atoms with Crippen LogP contribution in [0.3, 0.4) is 0 Å². The van der Waals surface area contributed by atoms with Gasteiger partial charge in [-0.25, -0.2) is 0 Å². The van der Waals surface area contributed by atoms with Crippen molar-refractivity contribution in [1.29, 1.82) is 0 Å². The van der Waals surface area contributed by atoms with Gasteiger partial charge in [0.25, 0.3) is 0 Å². The van der Waals surface area contributed by atoms with Crippen molar-refractivity contribution in [3.05, 3.63) is 29.3 Å². The fourth-order valence-electron chi connectivity index (χ4n) is 2.66. The van der Waals surface area contributed by atoms with Crippen molar-refractivity contribution >= 4 is 23.5 Å². The molecule has 0 bridgehead atoms. The Morgan fingerprint density at radius 3 is 2.63 bits per heavy atom. The van der Waals surface area contributed by atoms with E-state index in [9.17, 15) is 18.0 Å². The summed E-state index contributed by atoms with van der Waals surface area (Å²) >= 11 is 5.82. The maximum atomic E-state index is 12.4. The summed E-state index contributed by atoms with van der Waals surface area (Å²) in [6, 6.07) is 5.33. The van der Waals surface area contributed by atoms with E-state index in [0.717, 1.165) is 0 Å². The third-order valence-corrected chi connectivity index (χ3v) is 4.45. The molecule has 1 aliphatic rings. The van der Waals surface area contributed by atoms with Gasteiger partial charge in [0.1, 0.15) is 12.1 Å². The van der Waals surface area contributed by atoms with Gasteiger partial charge in [0, 0.05) is 17.1 Å². The molecule has 1 aromatic heterocycles. The molecule has 1 N–H and O–H groups in total. The Bertz CT molecular complexity index is 812. The highest BCUT2D eigenvalue weighted by Crippen LogP contribution is 2.29. The first-order chi connectivity index (χ1) is 12.6. The van der Waals surface area contributed by atoms with Crippen LogP contribution in [0.15, 0.2) is 28.7 Å². The van der Waals surface area contributed by atoms with Crippen LogP contribution in [0.5, 0.6) is 0 Å². The molecule has 1 aromatic carbocycles. The van der Waals surface area contributed by atoms with Crippen LogP contribution in [-0.4, -0.2) is 52.1 Å². The number of halogens is 4. The molecule has 3 atom stereocenters. The number of likely N-dealkylation sites (tertiary alicyclic amines) is 1. The van der Waals surface area contributed by atoms with Crippen LogP contribution < -0.4 is 5.32 Å². The number of carbonyl (C=O) groups is 1. The van der Waals surface area contributed by atoms with Crippen molar-refractivity contribution in [2.24, 2.45) is 0 Å². The number of rotatable bonds is 5. The van der Waals surface area contributed by atoms with Crippen molar-refractivity contribution in [3.63, 3.8) is 0 Å². The average molecular weight is 405 g/mol. The molecular weight excluding hydrogens is 389 g/mol. The number of hydrogen-bond donors (Lipinski definition) is 1. The van der Waals surface area contributed by atoms with Crippen LogP contribution in [0.2, 0.25) is 5.02 Å². The van der Waals surface area contributed by atoms with Gasteiger partial charge >= 0.3 is 12.4 Å². The van der Waals surface area contributed by atoms with Crippen LogP contribution in [-0.2, 0) is 9.53 Å². The molecule has 2 heterocycles. The molecule has 0 spiro atoms. The van der Waals surface area contributed by atoms with Gasteiger partial charge in [-0.3, -0.25) is 9.53 Å². The quantitative estimate of drug-likeness (QED) is 0.823. The monoisotopic (exact) mass is 404 g/mol. The van der Waals surface area contributed by atoms with Crippen LogP contribution >= 0.6 is 11.6 Å².